The van der Waals surface area contributed by atoms with E-state index in [4.69, 9.17) is 0 Å². The van der Waals surface area contributed by atoms with Crippen LogP contribution >= 0.6 is 11.3 Å². The first kappa shape index (κ1) is 23.6. The Bertz CT molecular complexity index is 666. The highest BCUT2D eigenvalue weighted by atomic mass is 32.1. The van der Waals surface area contributed by atoms with Gasteiger partial charge in [-0.25, -0.2) is 0 Å². The van der Waals surface area contributed by atoms with Crippen molar-refractivity contribution in [1.82, 2.24) is 0 Å². The van der Waals surface area contributed by atoms with Gasteiger partial charge >= 0.3 is 0 Å². The zero-order valence-electron chi connectivity index (χ0n) is 17.9. The van der Waals surface area contributed by atoms with Crippen LogP contribution in [0, 0.1) is 5.13 Å². The maximum absolute atomic E-state index is 13.4. The molecule has 150 valence electrons. The Balaban J connectivity index is 2.22. The van der Waals surface area contributed by atoms with Gasteiger partial charge in [-0.1, -0.05) is 46.6 Å². The standard InChI is InChI=1S/C25H37FS/c1-20(2)10-6-11-21(3)12-7-13-22(4)14-8-15-23(5)16-9-17-24-18-19-27-25(24)26/h10,12,14,16,18-19H,6-9,11,13,15,17H2,1-5H3/b21-12+,22-14+,23-16+. The molecule has 0 saturated heterocycles. The van der Waals surface area contributed by atoms with Gasteiger partial charge in [0.1, 0.15) is 0 Å². The Labute approximate surface area is 170 Å². The molecule has 0 N–H and O–H groups in total. The fourth-order valence-corrected chi connectivity index (χ4v) is 3.63. The van der Waals surface area contributed by atoms with Gasteiger partial charge in [-0.2, -0.15) is 4.39 Å². The molecule has 2 heteroatoms. The van der Waals surface area contributed by atoms with Crippen LogP contribution in [-0.2, 0) is 6.42 Å². The van der Waals surface area contributed by atoms with Gasteiger partial charge in [0.05, 0.1) is 0 Å². The van der Waals surface area contributed by atoms with Crippen molar-refractivity contribution in [2.24, 2.45) is 0 Å². The summed E-state index contributed by atoms with van der Waals surface area (Å²) in [7, 11) is 0. The highest BCUT2D eigenvalue weighted by molar-refractivity contribution is 7.08. The summed E-state index contributed by atoms with van der Waals surface area (Å²) in [4.78, 5) is 0. The van der Waals surface area contributed by atoms with Gasteiger partial charge in [0.25, 0.3) is 0 Å². The summed E-state index contributed by atoms with van der Waals surface area (Å²) in [6, 6.07) is 1.90. The van der Waals surface area contributed by atoms with Crippen LogP contribution < -0.4 is 0 Å². The van der Waals surface area contributed by atoms with Gasteiger partial charge < -0.3 is 0 Å². The van der Waals surface area contributed by atoms with E-state index in [1.54, 1.807) is 0 Å². The molecule has 0 nitrogen and oxygen atoms in total. The fourth-order valence-electron chi connectivity index (χ4n) is 2.96. The first-order valence-corrected chi connectivity index (χ1v) is 11.1. The normalized spacial score (nSPS) is 13.2. The Hall–Kier alpha value is -1.41. The summed E-state index contributed by atoms with van der Waals surface area (Å²) < 4.78 is 13.4. The van der Waals surface area contributed by atoms with Crippen LogP contribution in [0.2, 0.25) is 0 Å². The summed E-state index contributed by atoms with van der Waals surface area (Å²) in [5.41, 5.74) is 6.65. The van der Waals surface area contributed by atoms with E-state index in [0.29, 0.717) is 0 Å². The second-order valence-corrected chi connectivity index (χ2v) is 8.67. The van der Waals surface area contributed by atoms with Gasteiger partial charge in [0.2, 0.25) is 0 Å². The maximum atomic E-state index is 13.4. The van der Waals surface area contributed by atoms with Crippen LogP contribution in [0.3, 0.4) is 0 Å². The molecule has 0 saturated carbocycles. The SMILES string of the molecule is CC(C)=CCC/C(C)=C/CC/C(C)=C/CC/C(C)=C/CCc1ccsc1F. The summed E-state index contributed by atoms with van der Waals surface area (Å²) in [6.07, 6.45) is 17.9. The van der Waals surface area contributed by atoms with Crippen molar-refractivity contribution in [3.8, 4) is 0 Å². The van der Waals surface area contributed by atoms with Gasteiger partial charge in [-0.15, -0.1) is 11.3 Å². The maximum Gasteiger partial charge on any atom is 0.179 e. The molecule has 1 rings (SSSR count). The van der Waals surface area contributed by atoms with E-state index in [1.165, 1.54) is 40.1 Å². The van der Waals surface area contributed by atoms with E-state index in [0.717, 1.165) is 50.5 Å². The predicted molar refractivity (Wildman–Crippen MR) is 121 cm³/mol. The number of rotatable bonds is 12. The van der Waals surface area contributed by atoms with Crippen molar-refractivity contribution in [1.29, 1.82) is 0 Å². The minimum Gasteiger partial charge on any atom is -0.195 e. The second-order valence-electron chi connectivity index (χ2n) is 7.81. The van der Waals surface area contributed by atoms with Crippen LogP contribution in [0.25, 0.3) is 0 Å². The molecule has 1 heterocycles. The zero-order chi connectivity index (χ0) is 20.1. The number of hydrogen-bond donors (Lipinski definition) is 0. The van der Waals surface area contributed by atoms with Crippen LogP contribution in [0.1, 0.15) is 85.1 Å². The first-order chi connectivity index (χ1) is 12.9. The highest BCUT2D eigenvalue weighted by Crippen LogP contribution is 2.17. The second kappa shape index (κ2) is 13.7. The third kappa shape index (κ3) is 11.8. The lowest BCUT2D eigenvalue weighted by molar-refractivity contribution is 0.639. The molecule has 0 bridgehead atoms. The molecule has 0 aromatic carbocycles. The summed E-state index contributed by atoms with van der Waals surface area (Å²) in [5, 5.41) is 1.80. The molecule has 0 aliphatic rings. The van der Waals surface area contributed by atoms with Gasteiger partial charge in [0, 0.05) is 0 Å². The van der Waals surface area contributed by atoms with E-state index in [2.05, 4.69) is 58.9 Å². The third-order valence-electron chi connectivity index (χ3n) is 4.75. The minimum atomic E-state index is -0.0270. The number of allylic oxidation sites excluding steroid dienone is 8. The lowest BCUT2D eigenvalue weighted by Crippen LogP contribution is -1.85. The molecule has 0 spiro atoms. The van der Waals surface area contributed by atoms with E-state index in [-0.39, 0.29) is 5.13 Å². The molecular formula is C25H37FS. The van der Waals surface area contributed by atoms with Crippen LogP contribution in [-0.4, -0.2) is 0 Å². The molecule has 1 aromatic rings. The molecule has 0 aliphatic heterocycles. The first-order valence-electron chi connectivity index (χ1n) is 10.2. The quantitative estimate of drug-likeness (QED) is 0.313. The monoisotopic (exact) mass is 388 g/mol. The molecular weight excluding hydrogens is 351 g/mol. The van der Waals surface area contributed by atoms with Gasteiger partial charge in [-0.05, 0) is 103 Å². The van der Waals surface area contributed by atoms with E-state index < -0.39 is 0 Å². The van der Waals surface area contributed by atoms with Crippen molar-refractivity contribution in [2.75, 3.05) is 0 Å². The lowest BCUT2D eigenvalue weighted by Gasteiger charge is -2.03. The third-order valence-corrected chi connectivity index (χ3v) is 5.50. The van der Waals surface area contributed by atoms with E-state index >= 15 is 0 Å². The van der Waals surface area contributed by atoms with Gasteiger partial charge in [0.15, 0.2) is 5.13 Å². The number of hydrogen-bond acceptors (Lipinski definition) is 1. The van der Waals surface area contributed by atoms with Crippen molar-refractivity contribution in [2.45, 2.75) is 86.0 Å². The number of thiophene rings is 1. The van der Waals surface area contributed by atoms with Crippen LogP contribution in [0.5, 0.6) is 0 Å². The highest BCUT2D eigenvalue weighted by Gasteiger charge is 2.01. The Morgan fingerprint density at radius 1 is 0.778 bits per heavy atom. The smallest absolute Gasteiger partial charge is 0.179 e. The van der Waals surface area contributed by atoms with E-state index in [9.17, 15) is 4.39 Å². The molecule has 27 heavy (non-hydrogen) atoms. The molecule has 0 aliphatic carbocycles. The average molecular weight is 389 g/mol. The Morgan fingerprint density at radius 3 is 1.70 bits per heavy atom. The van der Waals surface area contributed by atoms with Crippen LogP contribution in [0.15, 0.2) is 58.0 Å². The fraction of sp³-hybridized carbons (Fsp3) is 0.520. The van der Waals surface area contributed by atoms with Crippen molar-refractivity contribution in [3.05, 3.63) is 68.7 Å². The van der Waals surface area contributed by atoms with Crippen molar-refractivity contribution >= 4 is 11.3 Å². The molecule has 0 amide bonds. The van der Waals surface area contributed by atoms with Gasteiger partial charge in [-0.3, -0.25) is 0 Å². The number of halogens is 1. The molecule has 0 radical (unpaired) electrons. The topological polar surface area (TPSA) is 0 Å². The van der Waals surface area contributed by atoms with Crippen molar-refractivity contribution < 1.29 is 4.39 Å². The van der Waals surface area contributed by atoms with Crippen LogP contribution in [0.4, 0.5) is 4.39 Å². The number of aryl methyl sites for hydroxylation is 1. The Kier molecular flexibility index (Phi) is 12.0. The molecule has 0 fully saturated rings. The summed E-state index contributed by atoms with van der Waals surface area (Å²) >= 11 is 1.19. The Morgan fingerprint density at radius 2 is 1.26 bits per heavy atom. The van der Waals surface area contributed by atoms with E-state index in [1.807, 2.05) is 11.4 Å². The molecule has 0 unspecified atom stereocenters. The molecule has 1 aromatic heterocycles. The average Bonchev–Trinajstić information content (AvgIpc) is 2.99. The van der Waals surface area contributed by atoms with Crippen molar-refractivity contribution in [3.63, 3.8) is 0 Å². The summed E-state index contributed by atoms with van der Waals surface area (Å²) in [5.74, 6) is 0. The zero-order valence-corrected chi connectivity index (χ0v) is 18.7. The predicted octanol–water partition coefficient (Wildman–Crippen LogP) is 8.97. The largest absolute Gasteiger partial charge is 0.195 e. The molecule has 0 atom stereocenters. The summed E-state index contributed by atoms with van der Waals surface area (Å²) in [6.45, 7) is 11.0. The minimum absolute atomic E-state index is 0.0270. The lowest BCUT2D eigenvalue weighted by atomic mass is 10.0.